The highest BCUT2D eigenvalue weighted by molar-refractivity contribution is 6.00. The number of nitrogens with one attached hydrogen (secondary N) is 1. The Morgan fingerprint density at radius 2 is 1.93 bits per heavy atom. The second kappa shape index (κ2) is 7.91. The number of aryl methyl sites for hydroxylation is 1. The Labute approximate surface area is 174 Å². The maximum Gasteiger partial charge on any atom is 0.328 e. The molecule has 0 aliphatic carbocycles. The predicted molar refractivity (Wildman–Crippen MR) is 114 cm³/mol. The number of pyridine rings is 1. The molecule has 0 fully saturated rings. The van der Waals surface area contributed by atoms with Gasteiger partial charge in [-0.05, 0) is 61.7 Å². The average molecular weight is 412 g/mol. The number of aliphatic hydroxyl groups excluding tert-OH is 1. The number of carbonyl (C=O) groups is 1. The van der Waals surface area contributed by atoms with Crippen LogP contribution in [0.5, 0.6) is 5.75 Å². The smallest absolute Gasteiger partial charge is 0.328 e. The molecule has 1 aromatic heterocycles. The van der Waals surface area contributed by atoms with Crippen molar-refractivity contribution in [3.05, 3.63) is 53.3 Å². The van der Waals surface area contributed by atoms with Gasteiger partial charge < -0.3 is 20.6 Å². The highest BCUT2D eigenvalue weighted by atomic mass is 19.1. The number of rotatable bonds is 6. The van der Waals surface area contributed by atoms with Crippen LogP contribution in [0.4, 0.5) is 10.2 Å². The Hall–Kier alpha value is -3.19. The molecule has 158 valence electrons. The summed E-state index contributed by atoms with van der Waals surface area (Å²) in [4.78, 5) is 16.3. The van der Waals surface area contributed by atoms with Gasteiger partial charge in [0.1, 0.15) is 22.9 Å². The van der Waals surface area contributed by atoms with Crippen LogP contribution in [-0.2, 0) is 4.79 Å². The van der Waals surface area contributed by atoms with E-state index >= 15 is 0 Å². The van der Waals surface area contributed by atoms with Crippen LogP contribution in [0.1, 0.15) is 37.8 Å². The Morgan fingerprint density at radius 1 is 1.23 bits per heavy atom. The molecule has 0 radical (unpaired) electrons. The number of carboxylic acids is 1. The number of carboxylic acid groups (broad SMARTS) is 1. The molecular weight excluding hydrogens is 387 g/mol. The van der Waals surface area contributed by atoms with Gasteiger partial charge >= 0.3 is 5.97 Å². The normalized spacial score (nSPS) is 12.7. The highest BCUT2D eigenvalue weighted by Gasteiger charge is 2.30. The molecule has 2 aromatic carbocycles. The van der Waals surface area contributed by atoms with Gasteiger partial charge in [-0.25, -0.2) is 14.2 Å². The Morgan fingerprint density at radius 3 is 2.53 bits per heavy atom. The summed E-state index contributed by atoms with van der Waals surface area (Å²) in [7, 11) is 0. The van der Waals surface area contributed by atoms with Gasteiger partial charge in [0.05, 0.1) is 5.52 Å². The standard InChI is InChI=1S/C23H25FN2O4/c1-12-9-14(5-8-17(12)24)20-16-7-6-15(28)10-18(16)25-21(19(20)13(2)11-27)26-23(3,4)22(29)30/h5-10,13,27-28H,11H2,1-4H3,(H,25,26)(H,29,30). The molecule has 3 rings (SSSR count). The van der Waals surface area contributed by atoms with Crippen LogP contribution in [0.3, 0.4) is 0 Å². The molecule has 0 bridgehead atoms. The first-order valence-corrected chi connectivity index (χ1v) is 9.60. The molecule has 0 aliphatic heterocycles. The van der Waals surface area contributed by atoms with E-state index in [9.17, 15) is 24.5 Å². The molecular formula is C23H25FN2O4. The minimum Gasteiger partial charge on any atom is -0.508 e. The highest BCUT2D eigenvalue weighted by Crippen LogP contribution is 2.41. The van der Waals surface area contributed by atoms with E-state index in [1.807, 2.05) is 6.92 Å². The number of aromatic nitrogens is 1. The zero-order valence-electron chi connectivity index (χ0n) is 17.3. The number of hydrogen-bond acceptors (Lipinski definition) is 5. The summed E-state index contributed by atoms with van der Waals surface area (Å²) in [6.45, 7) is 6.30. The summed E-state index contributed by atoms with van der Waals surface area (Å²) in [6.07, 6.45) is 0. The number of aliphatic carboxylic acids is 1. The third-order valence-electron chi connectivity index (χ3n) is 5.19. The van der Waals surface area contributed by atoms with E-state index in [4.69, 9.17) is 0 Å². The summed E-state index contributed by atoms with van der Waals surface area (Å²) in [5, 5.41) is 33.2. The van der Waals surface area contributed by atoms with Crippen molar-refractivity contribution >= 4 is 22.7 Å². The number of aromatic hydroxyl groups is 1. The summed E-state index contributed by atoms with van der Waals surface area (Å²) in [6, 6.07) is 9.46. The number of halogens is 1. The number of benzene rings is 2. The van der Waals surface area contributed by atoms with E-state index in [2.05, 4.69) is 10.3 Å². The van der Waals surface area contributed by atoms with E-state index in [1.54, 1.807) is 25.1 Å². The van der Waals surface area contributed by atoms with Crippen molar-refractivity contribution in [1.29, 1.82) is 0 Å². The van der Waals surface area contributed by atoms with Gasteiger partial charge in [0, 0.05) is 29.5 Å². The van der Waals surface area contributed by atoms with Crippen LogP contribution in [0.2, 0.25) is 0 Å². The second-order valence-corrected chi connectivity index (χ2v) is 8.05. The fraction of sp³-hybridized carbons (Fsp3) is 0.304. The molecule has 0 saturated carbocycles. The van der Waals surface area contributed by atoms with Crippen molar-refractivity contribution in [1.82, 2.24) is 4.98 Å². The Balaban J connectivity index is 2.43. The summed E-state index contributed by atoms with van der Waals surface area (Å²) in [5.41, 5.74) is 1.60. The molecule has 1 unspecified atom stereocenters. The number of aliphatic hydroxyl groups is 1. The first-order valence-electron chi connectivity index (χ1n) is 9.60. The van der Waals surface area contributed by atoms with Gasteiger partial charge in [-0.1, -0.05) is 13.0 Å². The topological polar surface area (TPSA) is 103 Å². The van der Waals surface area contributed by atoms with Crippen molar-refractivity contribution in [3.63, 3.8) is 0 Å². The number of phenols is 1. The molecule has 0 aliphatic rings. The second-order valence-electron chi connectivity index (χ2n) is 8.05. The fourth-order valence-corrected chi connectivity index (χ4v) is 3.40. The maximum absolute atomic E-state index is 13.9. The number of nitrogens with zero attached hydrogens (tertiary/aromatic N) is 1. The summed E-state index contributed by atoms with van der Waals surface area (Å²) < 4.78 is 13.9. The maximum atomic E-state index is 13.9. The lowest BCUT2D eigenvalue weighted by molar-refractivity contribution is -0.141. The van der Waals surface area contributed by atoms with Gasteiger partial charge in [-0.2, -0.15) is 0 Å². The third-order valence-corrected chi connectivity index (χ3v) is 5.19. The zero-order chi connectivity index (χ0) is 22.2. The van der Waals surface area contributed by atoms with Gasteiger partial charge in [-0.3, -0.25) is 0 Å². The minimum atomic E-state index is -1.34. The SMILES string of the molecule is Cc1cc(-c2c(C(C)CO)c(NC(C)(C)C(=O)O)nc3cc(O)ccc23)ccc1F. The quantitative estimate of drug-likeness (QED) is 0.478. The summed E-state index contributed by atoms with van der Waals surface area (Å²) in [5.74, 6) is -1.48. The molecule has 0 amide bonds. The van der Waals surface area contributed by atoms with Gasteiger partial charge in [0.15, 0.2) is 0 Å². The Kier molecular flexibility index (Phi) is 5.67. The molecule has 0 saturated heterocycles. The molecule has 4 N–H and O–H groups in total. The van der Waals surface area contributed by atoms with Gasteiger partial charge in [-0.15, -0.1) is 0 Å². The number of anilines is 1. The van der Waals surface area contributed by atoms with E-state index in [-0.39, 0.29) is 24.1 Å². The molecule has 1 heterocycles. The lowest BCUT2D eigenvalue weighted by Crippen LogP contribution is -2.40. The van der Waals surface area contributed by atoms with Crippen LogP contribution in [-0.4, -0.2) is 38.4 Å². The van der Waals surface area contributed by atoms with Crippen molar-refractivity contribution in [2.45, 2.75) is 39.2 Å². The van der Waals surface area contributed by atoms with Crippen molar-refractivity contribution in [3.8, 4) is 16.9 Å². The van der Waals surface area contributed by atoms with Gasteiger partial charge in [0.25, 0.3) is 0 Å². The lowest BCUT2D eigenvalue weighted by Gasteiger charge is -2.27. The first kappa shape index (κ1) is 21.5. The third kappa shape index (κ3) is 3.93. The Bertz CT molecular complexity index is 1130. The van der Waals surface area contributed by atoms with Crippen molar-refractivity contribution < 1.29 is 24.5 Å². The van der Waals surface area contributed by atoms with Crippen molar-refractivity contribution in [2.24, 2.45) is 0 Å². The monoisotopic (exact) mass is 412 g/mol. The van der Waals surface area contributed by atoms with E-state index < -0.39 is 11.5 Å². The van der Waals surface area contributed by atoms with Gasteiger partial charge in [0.2, 0.25) is 0 Å². The van der Waals surface area contributed by atoms with Crippen LogP contribution in [0.25, 0.3) is 22.0 Å². The molecule has 7 heteroatoms. The number of hydrogen-bond donors (Lipinski definition) is 4. The molecule has 0 spiro atoms. The molecule has 6 nitrogen and oxygen atoms in total. The molecule has 30 heavy (non-hydrogen) atoms. The molecule has 3 aromatic rings. The zero-order valence-corrected chi connectivity index (χ0v) is 17.3. The van der Waals surface area contributed by atoms with Crippen LogP contribution < -0.4 is 5.32 Å². The van der Waals surface area contributed by atoms with Crippen LogP contribution in [0.15, 0.2) is 36.4 Å². The van der Waals surface area contributed by atoms with Crippen LogP contribution >= 0.6 is 0 Å². The van der Waals surface area contributed by atoms with E-state index in [1.165, 1.54) is 32.0 Å². The van der Waals surface area contributed by atoms with E-state index in [0.29, 0.717) is 39.0 Å². The van der Waals surface area contributed by atoms with E-state index in [0.717, 1.165) is 0 Å². The molecule has 1 atom stereocenters. The largest absolute Gasteiger partial charge is 0.508 e. The lowest BCUT2D eigenvalue weighted by atomic mass is 9.88. The first-order chi connectivity index (χ1) is 14.0. The number of fused-ring (bicyclic) bond motifs is 1. The van der Waals surface area contributed by atoms with Crippen molar-refractivity contribution in [2.75, 3.05) is 11.9 Å². The average Bonchev–Trinajstić information content (AvgIpc) is 2.68. The van der Waals surface area contributed by atoms with Crippen LogP contribution in [0, 0.1) is 12.7 Å². The fourth-order valence-electron chi connectivity index (χ4n) is 3.40. The summed E-state index contributed by atoms with van der Waals surface area (Å²) >= 11 is 0. The predicted octanol–water partition coefficient (Wildman–Crippen LogP) is 4.43. The minimum absolute atomic E-state index is 0.0163. The number of phenolic OH excluding ortho intramolecular Hbond substituents is 1.